The maximum absolute atomic E-state index is 12.8. The first-order valence-corrected chi connectivity index (χ1v) is 9.91. The number of aromatic nitrogens is 2. The standard InChI is InChI=1S/C22H21N3OS/c1-15-8-10-17(11-9-15)18-14-27-22-20(18)21(26)23-19(24-22)13-25(2)12-16-6-4-3-5-7-16/h3-11,14H,12-13H2,1-2H3,(H,23,24,26)/p+1. The molecule has 0 spiro atoms. The van der Waals surface area contributed by atoms with Crippen LogP contribution in [-0.4, -0.2) is 17.0 Å². The molecule has 27 heavy (non-hydrogen) atoms. The van der Waals surface area contributed by atoms with Crippen LogP contribution in [0.4, 0.5) is 0 Å². The highest BCUT2D eigenvalue weighted by atomic mass is 32.1. The van der Waals surface area contributed by atoms with Gasteiger partial charge in [0.1, 0.15) is 17.9 Å². The molecule has 1 atom stereocenters. The molecular weight excluding hydrogens is 354 g/mol. The van der Waals surface area contributed by atoms with Crippen LogP contribution in [0.2, 0.25) is 0 Å². The van der Waals surface area contributed by atoms with Crippen molar-refractivity contribution < 1.29 is 4.90 Å². The predicted molar refractivity (Wildman–Crippen MR) is 111 cm³/mol. The van der Waals surface area contributed by atoms with Gasteiger partial charge in [0.05, 0.1) is 12.4 Å². The van der Waals surface area contributed by atoms with Crippen LogP contribution in [0.25, 0.3) is 21.3 Å². The normalized spacial score (nSPS) is 12.4. The minimum absolute atomic E-state index is 0.0562. The van der Waals surface area contributed by atoms with Gasteiger partial charge >= 0.3 is 0 Å². The average molecular weight is 377 g/mol. The first-order valence-electron chi connectivity index (χ1n) is 9.03. The zero-order valence-electron chi connectivity index (χ0n) is 15.5. The molecule has 2 aromatic carbocycles. The number of nitrogens with one attached hydrogen (secondary N) is 2. The number of hydrogen-bond acceptors (Lipinski definition) is 3. The van der Waals surface area contributed by atoms with Gasteiger partial charge in [0.2, 0.25) is 0 Å². The molecule has 2 N–H and O–H groups in total. The summed E-state index contributed by atoms with van der Waals surface area (Å²) in [5, 5.41) is 2.72. The lowest BCUT2D eigenvalue weighted by atomic mass is 10.1. The third-order valence-electron chi connectivity index (χ3n) is 4.67. The van der Waals surface area contributed by atoms with Crippen molar-refractivity contribution in [3.8, 4) is 11.1 Å². The van der Waals surface area contributed by atoms with E-state index in [0.717, 1.165) is 28.3 Å². The first kappa shape index (κ1) is 17.6. The Kier molecular flexibility index (Phi) is 4.88. The largest absolute Gasteiger partial charge is 0.327 e. The number of aryl methyl sites for hydroxylation is 1. The number of benzene rings is 2. The monoisotopic (exact) mass is 376 g/mol. The van der Waals surface area contributed by atoms with Crippen molar-refractivity contribution in [2.24, 2.45) is 0 Å². The Morgan fingerprint density at radius 1 is 1.04 bits per heavy atom. The Bertz CT molecular complexity index is 1110. The number of rotatable bonds is 5. The first-order chi connectivity index (χ1) is 13.1. The van der Waals surface area contributed by atoms with Gasteiger partial charge in [-0.1, -0.05) is 60.2 Å². The number of H-pyrrole nitrogens is 1. The van der Waals surface area contributed by atoms with Crippen molar-refractivity contribution in [2.45, 2.75) is 20.0 Å². The van der Waals surface area contributed by atoms with Gasteiger partial charge in [-0.15, -0.1) is 11.3 Å². The summed E-state index contributed by atoms with van der Waals surface area (Å²) in [5.74, 6) is 0.734. The van der Waals surface area contributed by atoms with Crippen LogP contribution in [0.1, 0.15) is 17.0 Å². The lowest BCUT2D eigenvalue weighted by molar-refractivity contribution is -0.908. The molecule has 1 unspecified atom stereocenters. The van der Waals surface area contributed by atoms with Gasteiger partial charge in [-0.05, 0) is 12.5 Å². The van der Waals surface area contributed by atoms with E-state index in [-0.39, 0.29) is 5.56 Å². The van der Waals surface area contributed by atoms with E-state index in [9.17, 15) is 4.79 Å². The Balaban J connectivity index is 1.61. The van der Waals surface area contributed by atoms with Gasteiger partial charge in [0, 0.05) is 16.5 Å². The van der Waals surface area contributed by atoms with Gasteiger partial charge in [0.25, 0.3) is 5.56 Å². The molecule has 4 nitrogen and oxygen atoms in total. The molecule has 0 saturated carbocycles. The number of fused-ring (bicyclic) bond motifs is 1. The topological polar surface area (TPSA) is 50.2 Å². The molecular formula is C22H22N3OS+. The van der Waals surface area contributed by atoms with Gasteiger partial charge in [-0.2, -0.15) is 0 Å². The zero-order chi connectivity index (χ0) is 18.8. The molecule has 5 heteroatoms. The molecule has 0 radical (unpaired) electrons. The maximum Gasteiger partial charge on any atom is 0.260 e. The van der Waals surface area contributed by atoms with Gasteiger partial charge in [-0.25, -0.2) is 4.98 Å². The summed E-state index contributed by atoms with van der Waals surface area (Å²) in [4.78, 5) is 22.6. The highest BCUT2D eigenvalue weighted by molar-refractivity contribution is 7.17. The fourth-order valence-electron chi connectivity index (χ4n) is 3.32. The van der Waals surface area contributed by atoms with E-state index in [2.05, 4.69) is 55.4 Å². The number of thiophene rings is 1. The summed E-state index contributed by atoms with van der Waals surface area (Å²) in [6, 6.07) is 18.6. The minimum Gasteiger partial charge on any atom is -0.327 e. The van der Waals surface area contributed by atoms with Gasteiger partial charge in [-0.3, -0.25) is 4.79 Å². The van der Waals surface area contributed by atoms with E-state index in [0.29, 0.717) is 11.9 Å². The molecule has 0 aliphatic rings. The van der Waals surface area contributed by atoms with Crippen LogP contribution in [0.15, 0.2) is 64.8 Å². The fraction of sp³-hybridized carbons (Fsp3) is 0.182. The maximum atomic E-state index is 12.8. The number of aromatic amines is 1. The van der Waals surface area contributed by atoms with E-state index in [4.69, 9.17) is 4.98 Å². The lowest BCUT2D eigenvalue weighted by Crippen LogP contribution is -3.06. The summed E-state index contributed by atoms with van der Waals surface area (Å²) >= 11 is 1.53. The summed E-state index contributed by atoms with van der Waals surface area (Å²) < 4.78 is 0. The van der Waals surface area contributed by atoms with Crippen molar-refractivity contribution in [3.05, 3.63) is 87.3 Å². The second-order valence-electron chi connectivity index (χ2n) is 7.00. The van der Waals surface area contributed by atoms with Crippen LogP contribution in [-0.2, 0) is 13.1 Å². The zero-order valence-corrected chi connectivity index (χ0v) is 16.3. The second-order valence-corrected chi connectivity index (χ2v) is 7.86. The highest BCUT2D eigenvalue weighted by Crippen LogP contribution is 2.30. The molecule has 4 aromatic rings. The van der Waals surface area contributed by atoms with Crippen LogP contribution in [0.5, 0.6) is 0 Å². The van der Waals surface area contributed by atoms with Crippen molar-refractivity contribution in [3.63, 3.8) is 0 Å². The molecule has 4 rings (SSSR count). The number of nitrogens with zero attached hydrogens (tertiary/aromatic N) is 1. The lowest BCUT2D eigenvalue weighted by Gasteiger charge is -2.13. The molecule has 136 valence electrons. The van der Waals surface area contributed by atoms with Crippen LogP contribution < -0.4 is 10.5 Å². The van der Waals surface area contributed by atoms with E-state index in [1.54, 1.807) is 0 Å². The van der Waals surface area contributed by atoms with Gasteiger partial charge < -0.3 is 9.88 Å². The van der Waals surface area contributed by atoms with E-state index >= 15 is 0 Å². The summed E-state index contributed by atoms with van der Waals surface area (Å²) in [6.07, 6.45) is 0. The quantitative estimate of drug-likeness (QED) is 0.562. The minimum atomic E-state index is -0.0562. The Labute approximate surface area is 162 Å². The molecule has 0 aliphatic heterocycles. The van der Waals surface area contributed by atoms with Crippen LogP contribution in [0.3, 0.4) is 0 Å². The van der Waals surface area contributed by atoms with Crippen LogP contribution >= 0.6 is 11.3 Å². The predicted octanol–water partition coefficient (Wildman–Crippen LogP) is 3.17. The highest BCUT2D eigenvalue weighted by Gasteiger charge is 2.15. The summed E-state index contributed by atoms with van der Waals surface area (Å²) in [6.45, 7) is 3.63. The molecule has 0 fully saturated rings. The van der Waals surface area contributed by atoms with Crippen molar-refractivity contribution in [1.29, 1.82) is 0 Å². The molecule has 2 aromatic heterocycles. The SMILES string of the molecule is Cc1ccc(-c2csc3nc(C[NH+](C)Cc4ccccc4)[nH]c(=O)c23)cc1. The number of quaternary nitrogens is 1. The fourth-order valence-corrected chi connectivity index (χ4v) is 4.28. The molecule has 0 aliphatic carbocycles. The Morgan fingerprint density at radius 3 is 2.52 bits per heavy atom. The van der Waals surface area contributed by atoms with Crippen molar-refractivity contribution >= 4 is 21.6 Å². The Morgan fingerprint density at radius 2 is 1.78 bits per heavy atom. The molecule has 0 saturated heterocycles. The van der Waals surface area contributed by atoms with E-state index in [1.165, 1.54) is 27.4 Å². The third kappa shape index (κ3) is 3.84. The molecule has 0 amide bonds. The third-order valence-corrected chi connectivity index (χ3v) is 5.55. The van der Waals surface area contributed by atoms with Crippen molar-refractivity contribution in [1.82, 2.24) is 9.97 Å². The Hall–Kier alpha value is -2.76. The van der Waals surface area contributed by atoms with Crippen LogP contribution in [0, 0.1) is 6.92 Å². The molecule has 2 heterocycles. The van der Waals surface area contributed by atoms with E-state index < -0.39 is 0 Å². The average Bonchev–Trinajstić information content (AvgIpc) is 3.07. The smallest absolute Gasteiger partial charge is 0.260 e. The summed E-state index contributed by atoms with van der Waals surface area (Å²) in [7, 11) is 2.11. The number of hydrogen-bond donors (Lipinski definition) is 2. The second kappa shape index (κ2) is 7.47. The molecule has 0 bridgehead atoms. The summed E-state index contributed by atoms with van der Waals surface area (Å²) in [5.41, 5.74) is 4.44. The van der Waals surface area contributed by atoms with Crippen molar-refractivity contribution in [2.75, 3.05) is 7.05 Å². The van der Waals surface area contributed by atoms with Gasteiger partial charge in [0.15, 0.2) is 5.82 Å². The van der Waals surface area contributed by atoms with E-state index in [1.807, 2.05) is 23.6 Å².